The Balaban J connectivity index is 1.38. The van der Waals surface area contributed by atoms with E-state index in [0.717, 1.165) is 31.7 Å². The Morgan fingerprint density at radius 3 is 2.61 bits per heavy atom. The van der Waals surface area contributed by atoms with Gasteiger partial charge in [0.15, 0.2) is 0 Å². The third kappa shape index (κ3) is 5.95. The maximum atomic E-state index is 13.1. The number of nitrogens with one attached hydrogen (secondary N) is 1. The van der Waals surface area contributed by atoms with Crippen molar-refractivity contribution in [3.05, 3.63) is 57.8 Å². The molecule has 4 rings (SSSR count). The van der Waals surface area contributed by atoms with Crippen LogP contribution in [0.1, 0.15) is 48.7 Å². The minimum atomic E-state index is -0.0879. The van der Waals surface area contributed by atoms with Gasteiger partial charge in [0.1, 0.15) is 0 Å². The van der Waals surface area contributed by atoms with Crippen molar-refractivity contribution in [1.82, 2.24) is 15.1 Å². The molecular formula is C25H35N3O2S. The van der Waals surface area contributed by atoms with Crippen LogP contribution in [0.2, 0.25) is 0 Å². The number of hydrogen-bond acceptors (Lipinski definition) is 5. The SMILES string of the molecule is Cc1ccc([C@H](NC(=O)CN2CCC[C@@H]2CN2C[C@@H](C)O[C@H](C)C2)c2cccs2)cc1. The molecule has 0 saturated carbocycles. The number of hydrogen-bond donors (Lipinski definition) is 1. The topological polar surface area (TPSA) is 44.8 Å². The van der Waals surface area contributed by atoms with E-state index >= 15 is 0 Å². The molecule has 0 unspecified atom stereocenters. The Bertz CT molecular complexity index is 829. The quantitative estimate of drug-likeness (QED) is 0.709. The zero-order valence-electron chi connectivity index (χ0n) is 18.9. The molecule has 168 valence electrons. The minimum absolute atomic E-state index is 0.0879. The van der Waals surface area contributed by atoms with Gasteiger partial charge >= 0.3 is 0 Å². The van der Waals surface area contributed by atoms with E-state index in [-0.39, 0.29) is 24.2 Å². The zero-order valence-corrected chi connectivity index (χ0v) is 19.7. The lowest BCUT2D eigenvalue weighted by Gasteiger charge is -2.38. The molecule has 1 amide bonds. The van der Waals surface area contributed by atoms with Gasteiger partial charge < -0.3 is 10.1 Å². The number of ether oxygens (including phenoxy) is 1. The van der Waals surface area contributed by atoms with Gasteiger partial charge in [0.2, 0.25) is 5.91 Å². The van der Waals surface area contributed by atoms with Crippen LogP contribution in [0.3, 0.4) is 0 Å². The highest BCUT2D eigenvalue weighted by Gasteiger charge is 2.31. The molecule has 0 radical (unpaired) electrons. The van der Waals surface area contributed by atoms with E-state index in [0.29, 0.717) is 12.6 Å². The molecule has 0 bridgehead atoms. The summed E-state index contributed by atoms with van der Waals surface area (Å²) in [6.45, 7) is 10.8. The lowest BCUT2D eigenvalue weighted by molar-refractivity contribution is -0.123. The second-order valence-corrected chi connectivity index (χ2v) is 10.1. The van der Waals surface area contributed by atoms with Crippen molar-refractivity contribution < 1.29 is 9.53 Å². The number of amides is 1. The summed E-state index contributed by atoms with van der Waals surface area (Å²) < 4.78 is 5.88. The molecule has 0 aliphatic carbocycles. The highest BCUT2D eigenvalue weighted by molar-refractivity contribution is 7.10. The number of aryl methyl sites for hydroxylation is 1. The van der Waals surface area contributed by atoms with Crippen molar-refractivity contribution in [3.63, 3.8) is 0 Å². The van der Waals surface area contributed by atoms with E-state index in [1.165, 1.54) is 23.3 Å². The summed E-state index contributed by atoms with van der Waals surface area (Å²) in [6, 6.07) is 13.0. The maximum Gasteiger partial charge on any atom is 0.234 e. The molecule has 2 aliphatic heterocycles. The van der Waals surface area contributed by atoms with Gasteiger partial charge in [-0.1, -0.05) is 35.9 Å². The van der Waals surface area contributed by atoms with E-state index in [1.807, 2.05) is 6.07 Å². The van der Waals surface area contributed by atoms with E-state index in [9.17, 15) is 4.79 Å². The summed E-state index contributed by atoms with van der Waals surface area (Å²) in [4.78, 5) is 19.2. The lowest BCUT2D eigenvalue weighted by atomic mass is 10.0. The smallest absolute Gasteiger partial charge is 0.234 e. The summed E-state index contributed by atoms with van der Waals surface area (Å²) in [5, 5.41) is 5.39. The van der Waals surface area contributed by atoms with Crippen molar-refractivity contribution in [2.45, 2.75) is 57.9 Å². The van der Waals surface area contributed by atoms with E-state index in [4.69, 9.17) is 4.74 Å². The fourth-order valence-corrected chi connectivity index (χ4v) is 5.77. The maximum absolute atomic E-state index is 13.1. The third-order valence-corrected chi connectivity index (χ3v) is 7.29. The zero-order chi connectivity index (χ0) is 21.8. The Morgan fingerprint density at radius 1 is 1.19 bits per heavy atom. The first-order valence-electron chi connectivity index (χ1n) is 11.5. The first-order chi connectivity index (χ1) is 15.0. The van der Waals surface area contributed by atoms with Crippen LogP contribution in [0.5, 0.6) is 0 Å². The van der Waals surface area contributed by atoms with Crippen molar-refractivity contribution >= 4 is 17.2 Å². The normalized spacial score (nSPS) is 26.1. The van der Waals surface area contributed by atoms with Gasteiger partial charge in [-0.05, 0) is 57.2 Å². The lowest BCUT2D eigenvalue weighted by Crippen LogP contribution is -2.51. The number of rotatable bonds is 7. The van der Waals surface area contributed by atoms with Gasteiger partial charge in [-0.25, -0.2) is 0 Å². The Labute approximate surface area is 190 Å². The van der Waals surface area contributed by atoms with Crippen LogP contribution in [0.4, 0.5) is 0 Å². The summed E-state index contributed by atoms with van der Waals surface area (Å²) in [5.41, 5.74) is 2.36. The Kier molecular flexibility index (Phi) is 7.43. The van der Waals surface area contributed by atoms with E-state index in [1.54, 1.807) is 11.3 Å². The molecule has 2 fully saturated rings. The summed E-state index contributed by atoms with van der Waals surface area (Å²) >= 11 is 1.69. The number of likely N-dealkylation sites (tertiary alicyclic amines) is 1. The second-order valence-electron chi connectivity index (χ2n) is 9.17. The molecule has 2 aliphatic rings. The summed E-state index contributed by atoms with van der Waals surface area (Å²) in [7, 11) is 0. The molecule has 1 N–H and O–H groups in total. The molecule has 1 aromatic carbocycles. The number of carbonyl (C=O) groups excluding carboxylic acids is 1. The van der Waals surface area contributed by atoms with Crippen molar-refractivity contribution in [3.8, 4) is 0 Å². The molecule has 4 atom stereocenters. The van der Waals surface area contributed by atoms with Crippen molar-refractivity contribution in [1.29, 1.82) is 0 Å². The predicted octanol–water partition coefficient (Wildman–Crippen LogP) is 3.84. The molecule has 5 nitrogen and oxygen atoms in total. The summed E-state index contributed by atoms with van der Waals surface area (Å²) in [5.74, 6) is 0.106. The van der Waals surface area contributed by atoms with Crippen LogP contribution in [-0.2, 0) is 9.53 Å². The number of thiophene rings is 1. The predicted molar refractivity (Wildman–Crippen MR) is 127 cm³/mol. The fraction of sp³-hybridized carbons (Fsp3) is 0.560. The van der Waals surface area contributed by atoms with Gasteiger partial charge in [-0.3, -0.25) is 14.6 Å². The van der Waals surface area contributed by atoms with Crippen LogP contribution in [0.25, 0.3) is 0 Å². The molecule has 1 aromatic heterocycles. The number of morpholine rings is 1. The average molecular weight is 442 g/mol. The second kappa shape index (κ2) is 10.3. The van der Waals surface area contributed by atoms with Gasteiger partial charge in [-0.15, -0.1) is 11.3 Å². The van der Waals surface area contributed by atoms with Crippen LogP contribution in [0.15, 0.2) is 41.8 Å². The monoisotopic (exact) mass is 441 g/mol. The molecule has 31 heavy (non-hydrogen) atoms. The fourth-order valence-electron chi connectivity index (χ4n) is 4.97. The first kappa shape index (κ1) is 22.5. The standard InChI is InChI=1S/C25H35N3O2S/c1-18-8-10-21(11-9-18)25(23-7-5-13-31-23)26-24(29)17-28-12-4-6-22(28)16-27-14-19(2)30-20(3)15-27/h5,7-11,13,19-20,22,25H,4,6,12,14-17H2,1-3H3,(H,26,29)/t19-,20-,22-,25+/m1/s1. The number of nitrogens with zero attached hydrogens (tertiary/aromatic N) is 2. The molecular weight excluding hydrogens is 406 g/mol. The number of carbonyl (C=O) groups is 1. The Morgan fingerprint density at radius 2 is 1.94 bits per heavy atom. The minimum Gasteiger partial charge on any atom is -0.373 e. The van der Waals surface area contributed by atoms with Crippen LogP contribution in [-0.4, -0.2) is 66.7 Å². The van der Waals surface area contributed by atoms with Gasteiger partial charge in [-0.2, -0.15) is 0 Å². The largest absolute Gasteiger partial charge is 0.373 e. The van der Waals surface area contributed by atoms with Gasteiger partial charge in [0.25, 0.3) is 0 Å². The van der Waals surface area contributed by atoms with Gasteiger partial charge in [0, 0.05) is 30.6 Å². The van der Waals surface area contributed by atoms with Crippen LogP contribution in [0, 0.1) is 6.92 Å². The number of benzene rings is 1. The van der Waals surface area contributed by atoms with Crippen LogP contribution >= 0.6 is 11.3 Å². The third-order valence-electron chi connectivity index (χ3n) is 6.35. The summed E-state index contributed by atoms with van der Waals surface area (Å²) in [6.07, 6.45) is 2.89. The highest BCUT2D eigenvalue weighted by Crippen LogP contribution is 2.27. The van der Waals surface area contributed by atoms with E-state index in [2.05, 4.69) is 71.6 Å². The van der Waals surface area contributed by atoms with Crippen molar-refractivity contribution in [2.75, 3.05) is 32.7 Å². The molecule has 2 aromatic rings. The first-order valence-corrected chi connectivity index (χ1v) is 12.4. The average Bonchev–Trinajstić information content (AvgIpc) is 3.39. The van der Waals surface area contributed by atoms with E-state index < -0.39 is 0 Å². The van der Waals surface area contributed by atoms with Crippen LogP contribution < -0.4 is 5.32 Å². The molecule has 6 heteroatoms. The Hall–Kier alpha value is -1.73. The highest BCUT2D eigenvalue weighted by atomic mass is 32.1. The molecule has 2 saturated heterocycles. The molecule has 0 spiro atoms. The molecule has 3 heterocycles. The van der Waals surface area contributed by atoms with Gasteiger partial charge in [0.05, 0.1) is 24.8 Å². The van der Waals surface area contributed by atoms with Crippen molar-refractivity contribution in [2.24, 2.45) is 0 Å².